The number of para-hydroxylation sites is 1. The molecule has 8 nitrogen and oxygen atoms in total. The molecule has 2 N–H and O–H groups in total. The van der Waals surface area contributed by atoms with Crippen LogP contribution in [0.15, 0.2) is 90.1 Å². The number of nitrogens with zero attached hydrogens (tertiary/aromatic N) is 2. The number of hydrogen-bond acceptors (Lipinski definition) is 7. The lowest BCUT2D eigenvalue weighted by Crippen LogP contribution is -2.46. The third-order valence-electron chi connectivity index (χ3n) is 8.59. The van der Waals surface area contributed by atoms with E-state index in [1.54, 1.807) is 25.4 Å². The summed E-state index contributed by atoms with van der Waals surface area (Å²) in [4.78, 5) is 32.2. The third kappa shape index (κ3) is 5.62. The van der Waals surface area contributed by atoms with Gasteiger partial charge in [0.25, 0.3) is 0 Å². The van der Waals surface area contributed by atoms with E-state index in [9.17, 15) is 19.7 Å². The fourth-order valence-corrected chi connectivity index (χ4v) is 6.63. The molecule has 1 aliphatic carbocycles. The Balaban J connectivity index is 1.34. The van der Waals surface area contributed by atoms with Crippen molar-refractivity contribution < 1.29 is 29.1 Å². The van der Waals surface area contributed by atoms with Gasteiger partial charge in [-0.05, 0) is 96.3 Å². The van der Waals surface area contributed by atoms with Crippen LogP contribution in [0, 0.1) is 17.8 Å². The number of benzene rings is 2. The number of hydrogen-bond donors (Lipinski definition) is 2. The third-order valence-corrected chi connectivity index (χ3v) is 8.59. The van der Waals surface area contributed by atoms with E-state index in [1.807, 2.05) is 66.7 Å². The summed E-state index contributed by atoms with van der Waals surface area (Å²) in [5.74, 6) is -0.735. The molecule has 0 bridgehead atoms. The standard InChI is InChI=1S/C33H33BN2O6/c1-36-32(38)26-18-23(20-41-25-7-3-2-4-8-25)30-27(31(26)33(36)39)19-34(40)42-29(30)15-12-22(28-9-5-6-16-35-28)17-21-10-13-24(37)14-11-21/h2-11,13-14,16-17,26-27,29,31,37,40H,12,15,18-20H2,1H3/b22-17-/t26-,27+,29-,31-/m1/s1. The summed E-state index contributed by atoms with van der Waals surface area (Å²) in [6.07, 6.45) is 5.12. The van der Waals surface area contributed by atoms with Crippen LogP contribution in [0.5, 0.6) is 11.5 Å². The first-order valence-electron chi connectivity index (χ1n) is 14.3. The fourth-order valence-electron chi connectivity index (χ4n) is 6.63. The average Bonchev–Trinajstić information content (AvgIpc) is 3.23. The number of aromatic nitrogens is 1. The number of carbonyl (C=O) groups excluding carboxylic acids is 2. The second kappa shape index (κ2) is 12.0. The van der Waals surface area contributed by atoms with Gasteiger partial charge in [-0.1, -0.05) is 36.4 Å². The molecule has 2 saturated heterocycles. The highest BCUT2D eigenvalue weighted by Crippen LogP contribution is 2.50. The molecule has 2 amide bonds. The Morgan fingerprint density at radius 2 is 1.81 bits per heavy atom. The smallest absolute Gasteiger partial charge is 0.455 e. The normalized spacial score (nSPS) is 24.1. The maximum absolute atomic E-state index is 13.3. The van der Waals surface area contributed by atoms with Crippen LogP contribution in [-0.2, 0) is 14.2 Å². The number of carbonyl (C=O) groups is 2. The molecule has 3 aromatic rings. The Labute approximate surface area is 245 Å². The van der Waals surface area contributed by atoms with Crippen molar-refractivity contribution in [2.45, 2.75) is 31.7 Å². The van der Waals surface area contributed by atoms with Crippen LogP contribution >= 0.6 is 0 Å². The molecule has 4 atom stereocenters. The van der Waals surface area contributed by atoms with Crippen LogP contribution in [0.25, 0.3) is 11.6 Å². The Morgan fingerprint density at radius 1 is 1.05 bits per heavy atom. The molecule has 42 heavy (non-hydrogen) atoms. The van der Waals surface area contributed by atoms with Crippen LogP contribution in [0.2, 0.25) is 6.32 Å². The van der Waals surface area contributed by atoms with Gasteiger partial charge in [0.2, 0.25) is 11.8 Å². The van der Waals surface area contributed by atoms with E-state index < -0.39 is 25.1 Å². The van der Waals surface area contributed by atoms with Gasteiger partial charge in [0.05, 0.1) is 23.6 Å². The van der Waals surface area contributed by atoms with Crippen LogP contribution in [0.1, 0.15) is 30.5 Å². The lowest BCUT2D eigenvalue weighted by Gasteiger charge is -2.43. The zero-order chi connectivity index (χ0) is 29.2. The number of phenolic OH excluding ortho intramolecular Hbond substituents is 1. The summed E-state index contributed by atoms with van der Waals surface area (Å²) >= 11 is 0. The molecule has 3 aliphatic rings. The van der Waals surface area contributed by atoms with Crippen molar-refractivity contribution in [3.05, 3.63) is 101 Å². The Bertz CT molecular complexity index is 1510. The summed E-state index contributed by atoms with van der Waals surface area (Å²) in [6.45, 7) is 0.274. The molecule has 2 aliphatic heterocycles. The highest BCUT2D eigenvalue weighted by atomic mass is 16.5. The van der Waals surface area contributed by atoms with Gasteiger partial charge >= 0.3 is 7.12 Å². The van der Waals surface area contributed by atoms with E-state index in [4.69, 9.17) is 9.39 Å². The fraction of sp³-hybridized carbons (Fsp3) is 0.303. The number of aromatic hydroxyl groups is 1. The molecular weight excluding hydrogens is 531 g/mol. The lowest BCUT2D eigenvalue weighted by atomic mass is 9.58. The first kappa shape index (κ1) is 27.9. The first-order valence-corrected chi connectivity index (χ1v) is 14.3. The summed E-state index contributed by atoms with van der Waals surface area (Å²) in [5, 5.41) is 20.6. The number of rotatable bonds is 8. The van der Waals surface area contributed by atoms with Crippen molar-refractivity contribution in [3.63, 3.8) is 0 Å². The quantitative estimate of drug-likeness (QED) is 0.234. The molecular formula is C33H33BN2O6. The molecule has 0 spiro atoms. The van der Waals surface area contributed by atoms with Crippen molar-refractivity contribution >= 4 is 30.6 Å². The van der Waals surface area contributed by atoms with Crippen LogP contribution < -0.4 is 4.74 Å². The number of pyridine rings is 1. The van der Waals surface area contributed by atoms with Crippen LogP contribution in [0.3, 0.4) is 0 Å². The Kier molecular flexibility index (Phi) is 7.95. The number of likely N-dealkylation sites (tertiary alicyclic amines) is 1. The van der Waals surface area contributed by atoms with E-state index >= 15 is 0 Å². The first-order chi connectivity index (χ1) is 20.4. The molecule has 1 aromatic heterocycles. The molecule has 214 valence electrons. The van der Waals surface area contributed by atoms with E-state index in [1.165, 1.54) is 4.90 Å². The minimum absolute atomic E-state index is 0.173. The van der Waals surface area contributed by atoms with Crippen LogP contribution in [-0.4, -0.2) is 58.7 Å². The maximum Gasteiger partial charge on any atom is 0.455 e. The molecule has 0 unspecified atom stereocenters. The largest absolute Gasteiger partial charge is 0.508 e. The maximum atomic E-state index is 13.3. The summed E-state index contributed by atoms with van der Waals surface area (Å²) < 4.78 is 12.3. The van der Waals surface area contributed by atoms with Gasteiger partial charge in [-0.15, -0.1) is 0 Å². The second-order valence-corrected chi connectivity index (χ2v) is 11.2. The van der Waals surface area contributed by atoms with E-state index in [-0.39, 0.29) is 36.4 Å². The number of phenols is 1. The monoisotopic (exact) mass is 564 g/mol. The second-order valence-electron chi connectivity index (χ2n) is 11.2. The average molecular weight is 564 g/mol. The number of amides is 2. The van der Waals surface area contributed by atoms with Crippen LogP contribution in [0.4, 0.5) is 0 Å². The number of imide groups is 1. The van der Waals surface area contributed by atoms with Crippen molar-refractivity contribution in [1.29, 1.82) is 0 Å². The predicted octanol–water partition coefficient (Wildman–Crippen LogP) is 4.61. The van der Waals surface area contributed by atoms with Gasteiger partial charge in [-0.25, -0.2) is 0 Å². The molecule has 6 rings (SSSR count). The topological polar surface area (TPSA) is 109 Å². The minimum Gasteiger partial charge on any atom is -0.508 e. The van der Waals surface area contributed by atoms with E-state index in [0.29, 0.717) is 19.3 Å². The zero-order valence-corrected chi connectivity index (χ0v) is 23.4. The number of allylic oxidation sites excluding steroid dienone is 1. The van der Waals surface area contributed by atoms with Gasteiger partial charge in [-0.3, -0.25) is 19.5 Å². The van der Waals surface area contributed by atoms with Crippen molar-refractivity contribution in [3.8, 4) is 11.5 Å². The number of fused-ring (bicyclic) bond motifs is 3. The van der Waals surface area contributed by atoms with Crippen molar-refractivity contribution in [1.82, 2.24) is 9.88 Å². The SMILES string of the molecule is CN1C(=O)[C@@H]2[C@@H](CC(COc3ccccc3)=C3[C@@H](CC/C(=C/c4ccc(O)cc4)c4ccccn4)OB(O)C[C@@H]32)C1=O. The van der Waals surface area contributed by atoms with Gasteiger partial charge < -0.3 is 19.5 Å². The van der Waals surface area contributed by atoms with Crippen molar-refractivity contribution in [2.75, 3.05) is 13.7 Å². The zero-order valence-electron chi connectivity index (χ0n) is 23.4. The van der Waals surface area contributed by atoms with Gasteiger partial charge in [-0.2, -0.15) is 0 Å². The van der Waals surface area contributed by atoms with Gasteiger partial charge in [0.1, 0.15) is 18.1 Å². The highest BCUT2D eigenvalue weighted by Gasteiger charge is 2.56. The Hall–Kier alpha value is -4.21. The van der Waals surface area contributed by atoms with Crippen molar-refractivity contribution in [2.24, 2.45) is 17.8 Å². The molecule has 2 aromatic carbocycles. The summed E-state index contributed by atoms with van der Waals surface area (Å²) in [6, 6.07) is 22.2. The molecule has 3 heterocycles. The molecule has 0 saturated carbocycles. The van der Waals surface area contributed by atoms with Gasteiger partial charge in [0.15, 0.2) is 0 Å². The summed E-state index contributed by atoms with van der Waals surface area (Å²) in [7, 11) is 0.496. The predicted molar refractivity (Wildman–Crippen MR) is 159 cm³/mol. The molecule has 2 fully saturated rings. The molecule has 0 radical (unpaired) electrons. The van der Waals surface area contributed by atoms with Gasteiger partial charge in [0, 0.05) is 13.2 Å². The Morgan fingerprint density at radius 3 is 2.55 bits per heavy atom. The van der Waals surface area contributed by atoms with E-state index in [0.717, 1.165) is 33.7 Å². The minimum atomic E-state index is -1.05. The van der Waals surface area contributed by atoms with E-state index in [2.05, 4.69) is 4.98 Å². The molecule has 9 heteroatoms. The highest BCUT2D eigenvalue weighted by molar-refractivity contribution is 6.43. The lowest BCUT2D eigenvalue weighted by molar-refractivity contribution is -0.138. The number of ether oxygens (including phenoxy) is 1. The summed E-state index contributed by atoms with van der Waals surface area (Å²) in [5.41, 5.74) is 4.65.